The molecular weight excluding hydrogens is 423 g/mol. The molecule has 0 spiro atoms. The number of thioether (sulfide) groups is 1. The highest BCUT2D eigenvalue weighted by Crippen LogP contribution is 2.10. The average Bonchev–Trinajstić information content (AvgIpc) is 2.50. The summed E-state index contributed by atoms with van der Waals surface area (Å²) in [7, 11) is 1.77. The summed E-state index contributed by atoms with van der Waals surface area (Å²) in [6.45, 7) is 3.10. The van der Waals surface area contributed by atoms with Gasteiger partial charge in [-0.2, -0.15) is 11.8 Å². The predicted octanol–water partition coefficient (Wildman–Crippen LogP) is 3.07. The Morgan fingerprint density at radius 3 is 2.70 bits per heavy atom. The van der Waals surface area contributed by atoms with E-state index in [-0.39, 0.29) is 29.9 Å². The SMILES string of the molecule is CN=C(NCCCCSC)NCc1cccc(NC(C)=O)c1.I. The molecule has 0 unspecified atom stereocenters. The minimum absolute atomic E-state index is 0. The molecule has 7 heteroatoms. The Bertz CT molecular complexity index is 497. The molecule has 0 atom stereocenters. The monoisotopic (exact) mass is 450 g/mol. The van der Waals surface area contributed by atoms with Crippen LogP contribution in [0.2, 0.25) is 0 Å². The van der Waals surface area contributed by atoms with Gasteiger partial charge in [0.1, 0.15) is 0 Å². The molecule has 0 heterocycles. The average molecular weight is 450 g/mol. The molecule has 0 aliphatic heterocycles. The number of amides is 1. The standard InChI is InChI=1S/C16H26N4OS.HI/c1-13(21)20-15-8-6-7-14(11-15)12-19-16(17-2)18-9-4-5-10-22-3;/h6-8,11H,4-5,9-10,12H2,1-3H3,(H,20,21)(H2,17,18,19);1H. The summed E-state index contributed by atoms with van der Waals surface area (Å²) in [5.74, 6) is 1.94. The van der Waals surface area contributed by atoms with Crippen molar-refractivity contribution in [1.82, 2.24) is 10.6 Å². The van der Waals surface area contributed by atoms with Crippen LogP contribution in [0.25, 0.3) is 0 Å². The number of nitrogens with zero attached hydrogens (tertiary/aromatic N) is 1. The van der Waals surface area contributed by atoms with E-state index in [1.54, 1.807) is 7.05 Å². The summed E-state index contributed by atoms with van der Waals surface area (Å²) in [5, 5.41) is 9.37. The van der Waals surface area contributed by atoms with E-state index in [1.807, 2.05) is 36.0 Å². The maximum absolute atomic E-state index is 11.1. The summed E-state index contributed by atoms with van der Waals surface area (Å²) < 4.78 is 0. The largest absolute Gasteiger partial charge is 0.356 e. The van der Waals surface area contributed by atoms with E-state index in [4.69, 9.17) is 0 Å². The fourth-order valence-electron chi connectivity index (χ4n) is 1.95. The van der Waals surface area contributed by atoms with E-state index in [0.29, 0.717) is 6.54 Å². The van der Waals surface area contributed by atoms with Gasteiger partial charge in [-0.1, -0.05) is 12.1 Å². The summed E-state index contributed by atoms with van der Waals surface area (Å²) in [4.78, 5) is 15.3. The van der Waals surface area contributed by atoms with Crippen molar-refractivity contribution >= 4 is 53.3 Å². The highest BCUT2D eigenvalue weighted by molar-refractivity contribution is 14.0. The molecule has 0 saturated heterocycles. The number of hydrogen-bond acceptors (Lipinski definition) is 3. The first-order valence-corrected chi connectivity index (χ1v) is 8.85. The Hall–Kier alpha value is -0.960. The van der Waals surface area contributed by atoms with Crippen LogP contribution in [-0.4, -0.2) is 37.5 Å². The minimum Gasteiger partial charge on any atom is -0.356 e. The number of hydrogen-bond donors (Lipinski definition) is 3. The van der Waals surface area contributed by atoms with Crippen molar-refractivity contribution in [2.45, 2.75) is 26.3 Å². The normalized spacial score (nSPS) is 10.7. The van der Waals surface area contributed by atoms with E-state index in [0.717, 1.165) is 30.2 Å². The molecule has 0 fully saturated rings. The van der Waals surface area contributed by atoms with Crippen molar-refractivity contribution < 1.29 is 4.79 Å². The lowest BCUT2D eigenvalue weighted by Gasteiger charge is -2.12. The zero-order valence-electron chi connectivity index (χ0n) is 14.0. The smallest absolute Gasteiger partial charge is 0.221 e. The lowest BCUT2D eigenvalue weighted by Crippen LogP contribution is -2.37. The molecule has 130 valence electrons. The van der Waals surface area contributed by atoms with E-state index in [1.165, 1.54) is 19.1 Å². The van der Waals surface area contributed by atoms with Crippen LogP contribution in [0.3, 0.4) is 0 Å². The van der Waals surface area contributed by atoms with Gasteiger partial charge in [0.25, 0.3) is 0 Å². The number of guanidine groups is 1. The summed E-state index contributed by atoms with van der Waals surface area (Å²) in [5.41, 5.74) is 1.91. The summed E-state index contributed by atoms with van der Waals surface area (Å²) in [6.07, 6.45) is 4.48. The molecule has 1 amide bonds. The Morgan fingerprint density at radius 1 is 1.26 bits per heavy atom. The van der Waals surface area contributed by atoms with Gasteiger partial charge in [-0.25, -0.2) is 0 Å². The van der Waals surface area contributed by atoms with E-state index in [2.05, 4.69) is 27.2 Å². The van der Waals surface area contributed by atoms with Crippen LogP contribution in [0.4, 0.5) is 5.69 Å². The quantitative estimate of drug-likeness (QED) is 0.247. The van der Waals surface area contributed by atoms with Gasteiger partial charge in [0.2, 0.25) is 5.91 Å². The first kappa shape index (κ1) is 22.0. The van der Waals surface area contributed by atoms with Gasteiger partial charge in [0, 0.05) is 32.7 Å². The number of unbranched alkanes of at least 4 members (excludes halogenated alkanes) is 1. The molecule has 0 radical (unpaired) electrons. The number of aliphatic imine (C=N–C) groups is 1. The summed E-state index contributed by atoms with van der Waals surface area (Å²) in [6, 6.07) is 7.79. The zero-order valence-corrected chi connectivity index (χ0v) is 17.2. The van der Waals surface area contributed by atoms with Crippen molar-refractivity contribution in [3.8, 4) is 0 Å². The highest BCUT2D eigenvalue weighted by atomic mass is 127. The maximum atomic E-state index is 11.1. The van der Waals surface area contributed by atoms with Gasteiger partial charge in [-0.3, -0.25) is 9.79 Å². The third-order valence-electron chi connectivity index (χ3n) is 3.00. The first-order chi connectivity index (χ1) is 10.7. The van der Waals surface area contributed by atoms with Crippen LogP contribution >= 0.6 is 35.7 Å². The second kappa shape index (κ2) is 13.5. The molecule has 1 aromatic carbocycles. The van der Waals surface area contributed by atoms with Crippen molar-refractivity contribution in [2.75, 3.05) is 30.9 Å². The van der Waals surface area contributed by atoms with Gasteiger partial charge in [0.05, 0.1) is 0 Å². The molecular formula is C16H27IN4OS. The first-order valence-electron chi connectivity index (χ1n) is 7.45. The molecule has 23 heavy (non-hydrogen) atoms. The number of carbonyl (C=O) groups excluding carboxylic acids is 1. The summed E-state index contributed by atoms with van der Waals surface area (Å²) >= 11 is 1.88. The Morgan fingerprint density at radius 2 is 2.04 bits per heavy atom. The molecule has 0 aliphatic carbocycles. The van der Waals surface area contributed by atoms with Gasteiger partial charge in [0.15, 0.2) is 5.96 Å². The molecule has 0 saturated carbocycles. The number of rotatable bonds is 8. The Labute approximate surface area is 160 Å². The number of halogens is 1. The van der Waals surface area contributed by atoms with Gasteiger partial charge >= 0.3 is 0 Å². The van der Waals surface area contributed by atoms with Gasteiger partial charge < -0.3 is 16.0 Å². The highest BCUT2D eigenvalue weighted by Gasteiger charge is 2.00. The van der Waals surface area contributed by atoms with Crippen molar-refractivity contribution in [2.24, 2.45) is 4.99 Å². The number of benzene rings is 1. The van der Waals surface area contributed by atoms with E-state index in [9.17, 15) is 4.79 Å². The molecule has 5 nitrogen and oxygen atoms in total. The van der Waals surface area contributed by atoms with Crippen molar-refractivity contribution in [1.29, 1.82) is 0 Å². The lowest BCUT2D eigenvalue weighted by molar-refractivity contribution is -0.114. The molecule has 3 N–H and O–H groups in total. The second-order valence-electron chi connectivity index (χ2n) is 4.93. The van der Waals surface area contributed by atoms with Gasteiger partial charge in [-0.15, -0.1) is 24.0 Å². The van der Waals surface area contributed by atoms with Crippen LogP contribution in [0.5, 0.6) is 0 Å². The van der Waals surface area contributed by atoms with Crippen LogP contribution in [0.1, 0.15) is 25.3 Å². The number of carbonyl (C=O) groups is 1. The van der Waals surface area contributed by atoms with Crippen LogP contribution in [-0.2, 0) is 11.3 Å². The molecule has 0 bridgehead atoms. The maximum Gasteiger partial charge on any atom is 0.221 e. The topological polar surface area (TPSA) is 65.5 Å². The van der Waals surface area contributed by atoms with Crippen LogP contribution < -0.4 is 16.0 Å². The van der Waals surface area contributed by atoms with E-state index >= 15 is 0 Å². The van der Waals surface area contributed by atoms with Crippen molar-refractivity contribution in [3.63, 3.8) is 0 Å². The molecule has 0 aliphatic rings. The van der Waals surface area contributed by atoms with Crippen molar-refractivity contribution in [3.05, 3.63) is 29.8 Å². The number of nitrogens with one attached hydrogen (secondary N) is 3. The van der Waals surface area contributed by atoms with Crippen LogP contribution in [0.15, 0.2) is 29.3 Å². The lowest BCUT2D eigenvalue weighted by atomic mass is 10.2. The Balaban J connectivity index is 0.00000484. The molecule has 1 aromatic rings. The fourth-order valence-corrected chi connectivity index (χ4v) is 2.44. The predicted molar refractivity (Wildman–Crippen MR) is 112 cm³/mol. The van der Waals surface area contributed by atoms with E-state index < -0.39 is 0 Å². The third-order valence-corrected chi connectivity index (χ3v) is 3.70. The second-order valence-corrected chi connectivity index (χ2v) is 5.92. The molecule has 0 aromatic heterocycles. The fraction of sp³-hybridized carbons (Fsp3) is 0.500. The zero-order chi connectivity index (χ0) is 16.2. The number of anilines is 1. The van der Waals surface area contributed by atoms with Gasteiger partial charge in [-0.05, 0) is 42.5 Å². The third kappa shape index (κ3) is 10.4. The Kier molecular flexibility index (Phi) is 12.9. The van der Waals surface area contributed by atoms with Crippen LogP contribution in [0, 0.1) is 0 Å². The minimum atomic E-state index is -0.0622. The molecule has 1 rings (SSSR count).